The molecule has 1 saturated heterocycles. The third-order valence-electron chi connectivity index (χ3n) is 2.92. The van der Waals surface area contributed by atoms with E-state index in [2.05, 4.69) is 4.40 Å². The first-order valence-corrected chi connectivity index (χ1v) is 7.14. The van der Waals surface area contributed by atoms with Gasteiger partial charge in [-0.2, -0.15) is 4.40 Å². The standard InChI is InChI=1S/C11H21NO5S/c1-10(2,3)18(13,14)12-9-8-17-7-6-11(9,15-4)16-5/h6-8H2,1-5H3. The predicted molar refractivity (Wildman–Crippen MR) is 68.3 cm³/mol. The van der Waals surface area contributed by atoms with Crippen LogP contribution in [0.3, 0.4) is 0 Å². The molecule has 6 nitrogen and oxygen atoms in total. The average Bonchev–Trinajstić information content (AvgIpc) is 2.28. The predicted octanol–water partition coefficient (Wildman–Crippen LogP) is 0.965. The Hall–Kier alpha value is -0.500. The van der Waals surface area contributed by atoms with Gasteiger partial charge in [-0.15, -0.1) is 0 Å². The monoisotopic (exact) mass is 279 g/mol. The number of hydrogen-bond acceptors (Lipinski definition) is 5. The van der Waals surface area contributed by atoms with Gasteiger partial charge < -0.3 is 14.2 Å². The van der Waals surface area contributed by atoms with E-state index in [0.29, 0.717) is 13.0 Å². The third kappa shape index (κ3) is 2.90. The summed E-state index contributed by atoms with van der Waals surface area (Å²) >= 11 is 0. The van der Waals surface area contributed by atoms with E-state index in [-0.39, 0.29) is 12.3 Å². The lowest BCUT2D eigenvalue weighted by Gasteiger charge is -2.35. The number of sulfonamides is 1. The lowest BCUT2D eigenvalue weighted by molar-refractivity contribution is -0.177. The number of hydrogen-bond donors (Lipinski definition) is 0. The van der Waals surface area contributed by atoms with Crippen LogP contribution in [0.25, 0.3) is 0 Å². The highest BCUT2D eigenvalue weighted by molar-refractivity contribution is 7.91. The van der Waals surface area contributed by atoms with Gasteiger partial charge in [0.2, 0.25) is 5.79 Å². The van der Waals surface area contributed by atoms with E-state index in [4.69, 9.17) is 14.2 Å². The highest BCUT2D eigenvalue weighted by atomic mass is 32.2. The summed E-state index contributed by atoms with van der Waals surface area (Å²) in [4.78, 5) is 0. The van der Waals surface area contributed by atoms with Crippen molar-refractivity contribution in [3.63, 3.8) is 0 Å². The molecule has 0 aromatic rings. The Morgan fingerprint density at radius 2 is 1.83 bits per heavy atom. The van der Waals surface area contributed by atoms with Crippen molar-refractivity contribution in [2.75, 3.05) is 27.4 Å². The van der Waals surface area contributed by atoms with Crippen molar-refractivity contribution in [2.24, 2.45) is 4.40 Å². The van der Waals surface area contributed by atoms with Gasteiger partial charge >= 0.3 is 0 Å². The van der Waals surface area contributed by atoms with Gasteiger partial charge in [-0.3, -0.25) is 0 Å². The van der Waals surface area contributed by atoms with E-state index in [1.165, 1.54) is 14.2 Å². The van der Waals surface area contributed by atoms with Crippen molar-refractivity contribution in [1.82, 2.24) is 0 Å². The largest absolute Gasteiger partial charge is 0.375 e. The molecule has 0 amide bonds. The number of methoxy groups -OCH3 is 2. The topological polar surface area (TPSA) is 74.2 Å². The first kappa shape index (κ1) is 15.6. The zero-order valence-corrected chi connectivity index (χ0v) is 12.3. The van der Waals surface area contributed by atoms with E-state index in [9.17, 15) is 8.42 Å². The molecule has 0 aliphatic carbocycles. The number of rotatable bonds is 3. The quantitative estimate of drug-likeness (QED) is 0.719. The summed E-state index contributed by atoms with van der Waals surface area (Å²) < 4.78 is 42.9. The molecule has 18 heavy (non-hydrogen) atoms. The molecular weight excluding hydrogens is 258 g/mol. The van der Waals surface area contributed by atoms with Crippen LogP contribution in [0.5, 0.6) is 0 Å². The second-order valence-electron chi connectivity index (χ2n) is 5.09. The molecule has 0 spiro atoms. The van der Waals surface area contributed by atoms with E-state index in [1.807, 2.05) is 0 Å². The summed E-state index contributed by atoms with van der Waals surface area (Å²) in [5, 5.41) is 0. The van der Waals surface area contributed by atoms with E-state index >= 15 is 0 Å². The number of ether oxygens (including phenoxy) is 3. The lowest BCUT2D eigenvalue weighted by Crippen LogP contribution is -2.50. The Kier molecular flexibility index (Phi) is 4.53. The van der Waals surface area contributed by atoms with Crippen LogP contribution in [0.4, 0.5) is 0 Å². The van der Waals surface area contributed by atoms with Crippen LogP contribution in [-0.2, 0) is 24.2 Å². The summed E-state index contributed by atoms with van der Waals surface area (Å²) in [5.74, 6) is -1.10. The molecule has 1 heterocycles. The maximum atomic E-state index is 12.1. The van der Waals surface area contributed by atoms with E-state index < -0.39 is 20.6 Å². The second kappa shape index (κ2) is 5.24. The third-order valence-corrected chi connectivity index (χ3v) is 4.93. The Morgan fingerprint density at radius 3 is 2.28 bits per heavy atom. The summed E-state index contributed by atoms with van der Waals surface area (Å²) in [6, 6.07) is 0. The van der Waals surface area contributed by atoms with Crippen LogP contribution >= 0.6 is 0 Å². The van der Waals surface area contributed by atoms with Crippen molar-refractivity contribution in [2.45, 2.75) is 37.7 Å². The molecule has 0 aromatic carbocycles. The Labute approximate surface area is 108 Å². The van der Waals surface area contributed by atoms with Gasteiger partial charge in [0.05, 0.1) is 18.0 Å². The van der Waals surface area contributed by atoms with Gasteiger partial charge in [-0.1, -0.05) is 0 Å². The fraction of sp³-hybridized carbons (Fsp3) is 0.909. The van der Waals surface area contributed by atoms with E-state index in [0.717, 1.165) is 0 Å². The molecule has 7 heteroatoms. The normalized spacial score (nSPS) is 23.3. The highest BCUT2D eigenvalue weighted by Crippen LogP contribution is 2.26. The highest BCUT2D eigenvalue weighted by Gasteiger charge is 2.41. The van der Waals surface area contributed by atoms with Crippen LogP contribution in [0.2, 0.25) is 0 Å². The van der Waals surface area contributed by atoms with Crippen LogP contribution in [0.1, 0.15) is 27.2 Å². The lowest BCUT2D eigenvalue weighted by atomic mass is 10.1. The average molecular weight is 279 g/mol. The smallest absolute Gasteiger partial charge is 0.258 e. The molecule has 1 aliphatic heterocycles. The van der Waals surface area contributed by atoms with Crippen molar-refractivity contribution in [1.29, 1.82) is 0 Å². The summed E-state index contributed by atoms with van der Waals surface area (Å²) in [5.41, 5.74) is 0.258. The SMILES string of the molecule is COC1(OC)CCOCC1=NS(=O)(=O)C(C)(C)C. The Bertz CT molecular complexity index is 417. The van der Waals surface area contributed by atoms with Gasteiger partial charge in [0.25, 0.3) is 10.0 Å². The molecule has 1 rings (SSSR count). The first-order chi connectivity index (χ1) is 8.18. The molecule has 0 unspecified atom stereocenters. The Balaban J connectivity index is 3.20. The fourth-order valence-electron chi connectivity index (χ4n) is 1.53. The van der Waals surface area contributed by atoms with Crippen LogP contribution in [0, 0.1) is 0 Å². The summed E-state index contributed by atoms with van der Waals surface area (Å²) in [7, 11) is -0.708. The molecule has 0 atom stereocenters. The fourth-order valence-corrected chi connectivity index (χ4v) is 2.29. The van der Waals surface area contributed by atoms with Crippen LogP contribution in [0.15, 0.2) is 4.40 Å². The molecule has 0 saturated carbocycles. The minimum Gasteiger partial charge on any atom is -0.375 e. The molecule has 0 N–H and O–H groups in total. The summed E-state index contributed by atoms with van der Waals surface area (Å²) in [6.07, 6.45) is 0.415. The Morgan fingerprint density at radius 1 is 1.28 bits per heavy atom. The molecule has 106 valence electrons. The zero-order chi connectivity index (χ0) is 14.0. The molecule has 0 bridgehead atoms. The molecule has 0 radical (unpaired) electrons. The van der Waals surface area contributed by atoms with Crippen molar-refractivity contribution in [3.05, 3.63) is 0 Å². The van der Waals surface area contributed by atoms with Gasteiger partial charge in [-0.25, -0.2) is 8.42 Å². The maximum Gasteiger partial charge on any atom is 0.258 e. The number of nitrogens with zero attached hydrogens (tertiary/aromatic N) is 1. The summed E-state index contributed by atoms with van der Waals surface area (Å²) in [6.45, 7) is 5.32. The molecule has 1 fully saturated rings. The van der Waals surface area contributed by atoms with Crippen molar-refractivity contribution >= 4 is 15.7 Å². The van der Waals surface area contributed by atoms with Gasteiger partial charge in [0, 0.05) is 20.6 Å². The zero-order valence-electron chi connectivity index (χ0n) is 11.5. The van der Waals surface area contributed by atoms with Crippen LogP contribution < -0.4 is 0 Å². The first-order valence-electron chi connectivity index (χ1n) is 5.70. The van der Waals surface area contributed by atoms with E-state index in [1.54, 1.807) is 20.8 Å². The second-order valence-corrected chi connectivity index (χ2v) is 7.45. The van der Waals surface area contributed by atoms with Crippen molar-refractivity contribution < 1.29 is 22.6 Å². The van der Waals surface area contributed by atoms with Crippen LogP contribution in [-0.4, -0.2) is 52.1 Å². The van der Waals surface area contributed by atoms with Gasteiger partial charge in [-0.05, 0) is 20.8 Å². The van der Waals surface area contributed by atoms with Gasteiger partial charge in [0.1, 0.15) is 5.71 Å². The van der Waals surface area contributed by atoms with Crippen molar-refractivity contribution in [3.8, 4) is 0 Å². The minimum atomic E-state index is -3.64. The van der Waals surface area contributed by atoms with Gasteiger partial charge in [0.15, 0.2) is 0 Å². The maximum absolute atomic E-state index is 12.1. The minimum absolute atomic E-state index is 0.0942. The molecular formula is C11H21NO5S. The molecule has 0 aromatic heterocycles. The molecule has 1 aliphatic rings.